The Labute approximate surface area is 131 Å². The SMILES string of the molecule is Cc1ccc(NC(=O)COc2ccc(Br)cc2C#N)cc1. The molecule has 0 saturated heterocycles. The molecule has 2 aromatic carbocycles. The number of amides is 1. The summed E-state index contributed by atoms with van der Waals surface area (Å²) in [5, 5.41) is 11.8. The maximum Gasteiger partial charge on any atom is 0.262 e. The number of nitriles is 1. The van der Waals surface area contributed by atoms with Crippen LogP contribution in [0.15, 0.2) is 46.9 Å². The molecule has 0 aliphatic rings. The van der Waals surface area contributed by atoms with E-state index in [-0.39, 0.29) is 12.5 Å². The van der Waals surface area contributed by atoms with Crippen LogP contribution in [0.2, 0.25) is 0 Å². The summed E-state index contributed by atoms with van der Waals surface area (Å²) in [6.07, 6.45) is 0. The van der Waals surface area contributed by atoms with Crippen LogP contribution in [0.5, 0.6) is 5.75 Å². The molecule has 0 atom stereocenters. The normalized spacial score (nSPS) is 9.76. The van der Waals surface area contributed by atoms with Gasteiger partial charge >= 0.3 is 0 Å². The van der Waals surface area contributed by atoms with Crippen LogP contribution in [0, 0.1) is 18.3 Å². The summed E-state index contributed by atoms with van der Waals surface area (Å²) < 4.78 is 6.17. The van der Waals surface area contributed by atoms with Crippen LogP contribution >= 0.6 is 15.9 Å². The molecule has 0 fully saturated rings. The number of rotatable bonds is 4. The van der Waals surface area contributed by atoms with Crippen molar-refractivity contribution in [3.63, 3.8) is 0 Å². The number of carbonyl (C=O) groups excluding carboxylic acids is 1. The molecule has 0 spiro atoms. The smallest absolute Gasteiger partial charge is 0.262 e. The third-order valence-electron chi connectivity index (χ3n) is 2.76. The summed E-state index contributed by atoms with van der Waals surface area (Å²) in [5.74, 6) is 0.116. The number of nitrogens with zero attached hydrogens (tertiary/aromatic N) is 1. The van der Waals surface area contributed by atoms with E-state index in [1.165, 1.54) is 0 Å². The zero-order valence-electron chi connectivity index (χ0n) is 11.4. The van der Waals surface area contributed by atoms with Crippen LogP contribution in [-0.4, -0.2) is 12.5 Å². The van der Waals surface area contributed by atoms with Crippen LogP contribution in [0.1, 0.15) is 11.1 Å². The van der Waals surface area contributed by atoms with E-state index in [0.29, 0.717) is 17.0 Å². The third-order valence-corrected chi connectivity index (χ3v) is 3.25. The molecular weight excluding hydrogens is 332 g/mol. The first-order valence-corrected chi connectivity index (χ1v) is 7.07. The molecule has 0 bridgehead atoms. The summed E-state index contributed by atoms with van der Waals surface area (Å²) in [6.45, 7) is 1.83. The molecule has 106 valence electrons. The van der Waals surface area contributed by atoms with Gasteiger partial charge in [0, 0.05) is 10.2 Å². The number of anilines is 1. The number of carbonyl (C=O) groups is 1. The fourth-order valence-electron chi connectivity index (χ4n) is 1.69. The van der Waals surface area contributed by atoms with E-state index in [1.54, 1.807) is 18.2 Å². The number of benzene rings is 2. The van der Waals surface area contributed by atoms with Crippen molar-refractivity contribution in [3.05, 3.63) is 58.1 Å². The standard InChI is InChI=1S/C16H13BrN2O2/c1-11-2-5-14(6-3-11)19-16(20)10-21-15-7-4-13(17)8-12(15)9-18/h2-8H,10H2,1H3,(H,19,20). The fourth-order valence-corrected chi connectivity index (χ4v) is 2.05. The highest BCUT2D eigenvalue weighted by Gasteiger charge is 2.07. The molecule has 0 heterocycles. The van der Waals surface area contributed by atoms with Crippen LogP contribution in [0.25, 0.3) is 0 Å². The summed E-state index contributed by atoms with van der Waals surface area (Å²) in [7, 11) is 0. The number of hydrogen-bond acceptors (Lipinski definition) is 3. The highest BCUT2D eigenvalue weighted by atomic mass is 79.9. The van der Waals surface area contributed by atoms with E-state index in [4.69, 9.17) is 10.00 Å². The summed E-state index contributed by atoms with van der Waals surface area (Å²) >= 11 is 3.28. The molecule has 2 aromatic rings. The van der Waals surface area contributed by atoms with Gasteiger partial charge in [-0.05, 0) is 37.3 Å². The lowest BCUT2D eigenvalue weighted by atomic mass is 10.2. The molecule has 2 rings (SSSR count). The third kappa shape index (κ3) is 4.33. The van der Waals surface area contributed by atoms with E-state index in [1.807, 2.05) is 37.3 Å². The molecule has 0 radical (unpaired) electrons. The Morgan fingerprint density at radius 3 is 2.67 bits per heavy atom. The molecule has 0 aliphatic heterocycles. The molecule has 0 aliphatic carbocycles. The van der Waals surface area contributed by atoms with Gasteiger partial charge in [-0.25, -0.2) is 0 Å². The van der Waals surface area contributed by atoms with Gasteiger partial charge in [0.1, 0.15) is 11.8 Å². The molecule has 5 heteroatoms. The number of aryl methyl sites for hydroxylation is 1. The second-order valence-corrected chi connectivity index (χ2v) is 5.37. The zero-order valence-corrected chi connectivity index (χ0v) is 13.0. The first-order chi connectivity index (χ1) is 10.1. The molecule has 1 N–H and O–H groups in total. The zero-order chi connectivity index (χ0) is 15.2. The van der Waals surface area contributed by atoms with Crippen LogP contribution in [-0.2, 0) is 4.79 Å². The molecule has 4 nitrogen and oxygen atoms in total. The molecule has 0 saturated carbocycles. The predicted molar refractivity (Wildman–Crippen MR) is 84.2 cm³/mol. The van der Waals surface area contributed by atoms with Crippen LogP contribution < -0.4 is 10.1 Å². The van der Waals surface area contributed by atoms with Crippen molar-refractivity contribution in [3.8, 4) is 11.8 Å². The van der Waals surface area contributed by atoms with Crippen molar-refractivity contribution in [2.24, 2.45) is 0 Å². The maximum atomic E-state index is 11.8. The van der Waals surface area contributed by atoms with Gasteiger partial charge in [0.15, 0.2) is 6.61 Å². The minimum atomic E-state index is -0.273. The van der Waals surface area contributed by atoms with Gasteiger partial charge in [0.05, 0.1) is 5.56 Å². The number of hydrogen-bond donors (Lipinski definition) is 1. The van der Waals surface area contributed by atoms with Crippen molar-refractivity contribution < 1.29 is 9.53 Å². The Kier molecular flexibility index (Phi) is 4.96. The quantitative estimate of drug-likeness (QED) is 0.920. The first kappa shape index (κ1) is 15.1. The van der Waals surface area contributed by atoms with Crippen LogP contribution in [0.3, 0.4) is 0 Å². The van der Waals surface area contributed by atoms with Crippen molar-refractivity contribution in [2.75, 3.05) is 11.9 Å². The van der Waals surface area contributed by atoms with Gasteiger partial charge < -0.3 is 10.1 Å². The van der Waals surface area contributed by atoms with E-state index >= 15 is 0 Å². The van der Waals surface area contributed by atoms with E-state index in [2.05, 4.69) is 21.2 Å². The summed E-state index contributed by atoms with van der Waals surface area (Å²) in [6, 6.07) is 14.6. The summed E-state index contributed by atoms with van der Waals surface area (Å²) in [5.41, 5.74) is 2.22. The van der Waals surface area contributed by atoms with Gasteiger partial charge in [0.25, 0.3) is 5.91 Å². The minimum Gasteiger partial charge on any atom is -0.482 e. The van der Waals surface area contributed by atoms with Gasteiger partial charge in [-0.1, -0.05) is 33.6 Å². The summed E-state index contributed by atoms with van der Waals surface area (Å²) in [4.78, 5) is 11.8. The van der Waals surface area contributed by atoms with Gasteiger partial charge in [-0.15, -0.1) is 0 Å². The lowest BCUT2D eigenvalue weighted by Crippen LogP contribution is -2.20. The Bertz CT molecular complexity index is 690. The number of ether oxygens (including phenoxy) is 1. The van der Waals surface area contributed by atoms with E-state index in [0.717, 1.165) is 10.0 Å². The van der Waals surface area contributed by atoms with Crippen molar-refractivity contribution >= 4 is 27.5 Å². The second-order valence-electron chi connectivity index (χ2n) is 4.46. The maximum absolute atomic E-state index is 11.8. The lowest BCUT2D eigenvalue weighted by molar-refractivity contribution is -0.118. The van der Waals surface area contributed by atoms with Gasteiger partial charge in [0.2, 0.25) is 0 Å². The topological polar surface area (TPSA) is 62.1 Å². The number of halogens is 1. The highest BCUT2D eigenvalue weighted by molar-refractivity contribution is 9.10. The Balaban J connectivity index is 1.95. The lowest BCUT2D eigenvalue weighted by Gasteiger charge is -2.09. The largest absolute Gasteiger partial charge is 0.482 e. The molecule has 0 aromatic heterocycles. The Morgan fingerprint density at radius 2 is 2.00 bits per heavy atom. The Hall–Kier alpha value is -2.32. The molecule has 21 heavy (non-hydrogen) atoms. The highest BCUT2D eigenvalue weighted by Crippen LogP contribution is 2.22. The average molecular weight is 345 g/mol. The van der Waals surface area contributed by atoms with Crippen LogP contribution in [0.4, 0.5) is 5.69 Å². The monoisotopic (exact) mass is 344 g/mol. The average Bonchev–Trinajstić information content (AvgIpc) is 2.48. The second kappa shape index (κ2) is 6.91. The molecule has 1 amide bonds. The minimum absolute atomic E-state index is 0.149. The predicted octanol–water partition coefficient (Wildman–Crippen LogP) is 3.65. The van der Waals surface area contributed by atoms with E-state index < -0.39 is 0 Å². The van der Waals surface area contributed by atoms with Crippen molar-refractivity contribution in [1.82, 2.24) is 0 Å². The number of nitrogens with one attached hydrogen (secondary N) is 1. The molecule has 0 unspecified atom stereocenters. The van der Waals surface area contributed by atoms with Gasteiger partial charge in [-0.2, -0.15) is 5.26 Å². The first-order valence-electron chi connectivity index (χ1n) is 6.27. The fraction of sp³-hybridized carbons (Fsp3) is 0.125. The van der Waals surface area contributed by atoms with Crippen molar-refractivity contribution in [1.29, 1.82) is 5.26 Å². The van der Waals surface area contributed by atoms with E-state index in [9.17, 15) is 4.79 Å². The van der Waals surface area contributed by atoms with Crippen molar-refractivity contribution in [2.45, 2.75) is 6.92 Å². The Morgan fingerprint density at radius 1 is 1.29 bits per heavy atom. The van der Waals surface area contributed by atoms with Gasteiger partial charge in [-0.3, -0.25) is 4.79 Å². The molecular formula is C16H13BrN2O2.